The van der Waals surface area contributed by atoms with Gasteiger partial charge in [0.2, 0.25) is 0 Å². The van der Waals surface area contributed by atoms with Gasteiger partial charge in [0.15, 0.2) is 0 Å². The number of hydrogen-bond donors (Lipinski definition) is 2. The Morgan fingerprint density at radius 1 is 1.45 bits per heavy atom. The van der Waals surface area contributed by atoms with E-state index in [1.807, 2.05) is 6.08 Å². The summed E-state index contributed by atoms with van der Waals surface area (Å²) in [5, 5.41) is 5.98. The second-order valence-corrected chi connectivity index (χ2v) is 2.53. The summed E-state index contributed by atoms with van der Waals surface area (Å²) in [5.74, 6) is 0. The molecule has 0 aliphatic rings. The van der Waals surface area contributed by atoms with Gasteiger partial charge in [-0.25, -0.2) is 0 Å². The molecule has 11 heavy (non-hydrogen) atoms. The average Bonchev–Trinajstić information content (AvgIpc) is 1.86. The molecule has 0 atom stereocenters. The minimum absolute atomic E-state index is 0.427. The van der Waals surface area contributed by atoms with Gasteiger partial charge in [-0.05, 0) is 26.1 Å². The molecular formula is C9H16N2. The van der Waals surface area contributed by atoms with Crippen molar-refractivity contribution in [1.82, 2.24) is 10.6 Å². The van der Waals surface area contributed by atoms with Crippen LogP contribution in [0.2, 0.25) is 0 Å². The van der Waals surface area contributed by atoms with Gasteiger partial charge in [-0.15, -0.1) is 0 Å². The molecule has 0 aromatic heterocycles. The Morgan fingerprint density at radius 2 is 2.09 bits per heavy atom. The van der Waals surface area contributed by atoms with Crippen molar-refractivity contribution >= 4 is 0 Å². The van der Waals surface area contributed by atoms with Crippen molar-refractivity contribution in [1.29, 1.82) is 0 Å². The summed E-state index contributed by atoms with van der Waals surface area (Å²) in [5.41, 5.74) is 0.898. The largest absolute Gasteiger partial charge is 0.383 e. The zero-order valence-corrected chi connectivity index (χ0v) is 7.22. The fourth-order valence-electron chi connectivity index (χ4n) is 0.636. The summed E-state index contributed by atoms with van der Waals surface area (Å²) >= 11 is 0. The van der Waals surface area contributed by atoms with Gasteiger partial charge in [-0.3, -0.25) is 0 Å². The zero-order valence-electron chi connectivity index (χ0n) is 7.22. The molecule has 0 radical (unpaired) electrons. The number of rotatable bonds is 5. The Balaban J connectivity index is 3.59. The van der Waals surface area contributed by atoms with E-state index in [9.17, 15) is 0 Å². The van der Waals surface area contributed by atoms with E-state index < -0.39 is 0 Å². The molecule has 2 heteroatoms. The highest BCUT2D eigenvalue weighted by molar-refractivity contribution is 5.12. The van der Waals surface area contributed by atoms with Crippen molar-refractivity contribution in [3.63, 3.8) is 0 Å². The van der Waals surface area contributed by atoms with E-state index in [0.717, 1.165) is 5.70 Å². The Bertz CT molecular complexity index is 157. The Morgan fingerprint density at radius 3 is 2.55 bits per heavy atom. The van der Waals surface area contributed by atoms with Crippen LogP contribution in [-0.4, -0.2) is 6.04 Å². The lowest BCUT2D eigenvalue weighted by atomic mass is 10.3. The SMILES string of the molecule is C=CN/C=C\C(=C)NC(C)C. The smallest absolute Gasteiger partial charge is 0.0283 e. The standard InChI is InChI=1S/C9H16N2/c1-5-10-7-6-9(4)11-8(2)3/h5-8,10-11H,1,4H2,2-3H3/b7-6-. The van der Waals surface area contributed by atoms with E-state index in [1.165, 1.54) is 0 Å². The average molecular weight is 152 g/mol. The quantitative estimate of drug-likeness (QED) is 0.586. The maximum absolute atomic E-state index is 3.79. The van der Waals surface area contributed by atoms with Crippen LogP contribution in [-0.2, 0) is 0 Å². The first kappa shape index (κ1) is 9.82. The monoisotopic (exact) mass is 152 g/mol. The Hall–Kier alpha value is -1.18. The lowest BCUT2D eigenvalue weighted by Gasteiger charge is -2.08. The molecule has 0 heterocycles. The van der Waals surface area contributed by atoms with Crippen molar-refractivity contribution < 1.29 is 0 Å². The van der Waals surface area contributed by atoms with Crippen molar-refractivity contribution in [2.24, 2.45) is 0 Å². The molecule has 2 N–H and O–H groups in total. The van der Waals surface area contributed by atoms with Gasteiger partial charge < -0.3 is 10.6 Å². The number of hydrogen-bond acceptors (Lipinski definition) is 2. The van der Waals surface area contributed by atoms with E-state index in [1.54, 1.807) is 12.4 Å². The number of allylic oxidation sites excluding steroid dienone is 1. The lowest BCUT2D eigenvalue weighted by molar-refractivity contribution is 0.682. The predicted octanol–water partition coefficient (Wildman–Crippen LogP) is 1.74. The summed E-state index contributed by atoms with van der Waals surface area (Å²) in [4.78, 5) is 0. The van der Waals surface area contributed by atoms with Gasteiger partial charge in [0.25, 0.3) is 0 Å². The molecule has 0 unspecified atom stereocenters. The van der Waals surface area contributed by atoms with E-state index in [2.05, 4.69) is 37.6 Å². The molecule has 2 nitrogen and oxygen atoms in total. The first-order valence-electron chi connectivity index (χ1n) is 3.65. The molecule has 0 bridgehead atoms. The first-order chi connectivity index (χ1) is 5.16. The van der Waals surface area contributed by atoms with Crippen LogP contribution in [0.3, 0.4) is 0 Å². The third-order valence-corrected chi connectivity index (χ3v) is 0.973. The van der Waals surface area contributed by atoms with E-state index in [0.29, 0.717) is 6.04 Å². The molecule has 0 saturated heterocycles. The highest BCUT2D eigenvalue weighted by atomic mass is 14.9. The third-order valence-electron chi connectivity index (χ3n) is 0.973. The molecule has 0 rings (SSSR count). The molecule has 0 aromatic carbocycles. The van der Waals surface area contributed by atoms with Crippen LogP contribution in [0.1, 0.15) is 13.8 Å². The highest BCUT2D eigenvalue weighted by Gasteiger charge is 1.89. The third kappa shape index (κ3) is 6.71. The van der Waals surface area contributed by atoms with Crippen molar-refractivity contribution in [2.75, 3.05) is 0 Å². The molecule has 0 fully saturated rings. The van der Waals surface area contributed by atoms with Gasteiger partial charge in [0, 0.05) is 17.9 Å². The zero-order chi connectivity index (χ0) is 8.69. The minimum atomic E-state index is 0.427. The van der Waals surface area contributed by atoms with E-state index in [4.69, 9.17) is 0 Å². The molecule has 0 saturated carbocycles. The van der Waals surface area contributed by atoms with Crippen molar-refractivity contribution in [3.8, 4) is 0 Å². The van der Waals surface area contributed by atoms with Crippen LogP contribution in [0.4, 0.5) is 0 Å². The molecule has 62 valence electrons. The number of nitrogens with one attached hydrogen (secondary N) is 2. The van der Waals surface area contributed by atoms with Crippen LogP contribution in [0.25, 0.3) is 0 Å². The Labute approximate surface area is 68.7 Å². The Kier molecular flexibility index (Phi) is 4.99. The minimum Gasteiger partial charge on any atom is -0.383 e. The summed E-state index contributed by atoms with van der Waals surface area (Å²) < 4.78 is 0. The van der Waals surface area contributed by atoms with Gasteiger partial charge in [0.1, 0.15) is 0 Å². The summed E-state index contributed by atoms with van der Waals surface area (Å²) in [6.45, 7) is 11.4. The van der Waals surface area contributed by atoms with Crippen LogP contribution >= 0.6 is 0 Å². The predicted molar refractivity (Wildman–Crippen MR) is 49.9 cm³/mol. The summed E-state index contributed by atoms with van der Waals surface area (Å²) in [6.07, 6.45) is 5.26. The highest BCUT2D eigenvalue weighted by Crippen LogP contribution is 1.88. The molecule has 0 spiro atoms. The van der Waals surface area contributed by atoms with Crippen LogP contribution in [0, 0.1) is 0 Å². The van der Waals surface area contributed by atoms with Crippen molar-refractivity contribution in [3.05, 3.63) is 37.3 Å². The van der Waals surface area contributed by atoms with Crippen LogP contribution < -0.4 is 10.6 Å². The van der Waals surface area contributed by atoms with Gasteiger partial charge in [0.05, 0.1) is 0 Å². The summed E-state index contributed by atoms with van der Waals surface area (Å²) in [6, 6.07) is 0.427. The second-order valence-electron chi connectivity index (χ2n) is 2.53. The normalized spacial score (nSPS) is 10.1. The fourth-order valence-corrected chi connectivity index (χ4v) is 0.636. The van der Waals surface area contributed by atoms with Crippen LogP contribution in [0.5, 0.6) is 0 Å². The maximum atomic E-state index is 3.79. The second kappa shape index (κ2) is 5.59. The van der Waals surface area contributed by atoms with Crippen LogP contribution in [0.15, 0.2) is 37.3 Å². The first-order valence-corrected chi connectivity index (χ1v) is 3.65. The van der Waals surface area contributed by atoms with Gasteiger partial charge >= 0.3 is 0 Å². The molecule has 0 aliphatic carbocycles. The van der Waals surface area contributed by atoms with Gasteiger partial charge in [-0.1, -0.05) is 13.2 Å². The van der Waals surface area contributed by atoms with Crippen molar-refractivity contribution in [2.45, 2.75) is 19.9 Å². The van der Waals surface area contributed by atoms with E-state index >= 15 is 0 Å². The molecular weight excluding hydrogens is 136 g/mol. The summed E-state index contributed by atoms with van der Waals surface area (Å²) in [7, 11) is 0. The van der Waals surface area contributed by atoms with E-state index in [-0.39, 0.29) is 0 Å². The lowest BCUT2D eigenvalue weighted by Crippen LogP contribution is -2.20. The van der Waals surface area contributed by atoms with Gasteiger partial charge in [-0.2, -0.15) is 0 Å². The molecule has 0 aliphatic heterocycles. The molecule has 0 amide bonds. The maximum Gasteiger partial charge on any atom is 0.0283 e. The fraction of sp³-hybridized carbons (Fsp3) is 0.333. The molecule has 0 aromatic rings. The topological polar surface area (TPSA) is 24.1 Å².